The van der Waals surface area contributed by atoms with E-state index in [-0.39, 0.29) is 6.04 Å². The smallest absolute Gasteiger partial charge is 0.125 e. The molecule has 1 aliphatic rings. The Balaban J connectivity index is 2.38. The molecule has 106 valence electrons. The molecule has 1 aliphatic heterocycles. The molecule has 3 N–H and O–H groups in total. The van der Waals surface area contributed by atoms with Crippen LogP contribution in [0.15, 0.2) is 18.2 Å². The summed E-state index contributed by atoms with van der Waals surface area (Å²) in [6, 6.07) is 5.87. The molecule has 1 saturated heterocycles. The Labute approximate surface area is 115 Å². The van der Waals surface area contributed by atoms with Gasteiger partial charge in [0.1, 0.15) is 5.75 Å². The summed E-state index contributed by atoms with van der Waals surface area (Å²) in [5, 5.41) is 10.3. The normalized spacial score (nSPS) is 25.2. The lowest BCUT2D eigenvalue weighted by Crippen LogP contribution is -2.46. The van der Waals surface area contributed by atoms with Crippen LogP contribution in [0.25, 0.3) is 0 Å². The van der Waals surface area contributed by atoms with Crippen LogP contribution in [0.1, 0.15) is 38.3 Å². The molecule has 1 heterocycles. The molecule has 2 atom stereocenters. The highest BCUT2D eigenvalue weighted by Crippen LogP contribution is 2.36. The molecule has 1 aromatic carbocycles. The van der Waals surface area contributed by atoms with E-state index < -0.39 is 5.60 Å². The molecule has 0 saturated carbocycles. The zero-order valence-electron chi connectivity index (χ0n) is 12.0. The van der Waals surface area contributed by atoms with Crippen molar-refractivity contribution in [3.8, 4) is 5.75 Å². The van der Waals surface area contributed by atoms with Crippen molar-refractivity contribution < 1.29 is 9.84 Å². The van der Waals surface area contributed by atoms with Crippen molar-refractivity contribution in [2.45, 2.75) is 38.3 Å². The molecule has 1 aromatic rings. The minimum atomic E-state index is -0.629. The van der Waals surface area contributed by atoms with Crippen molar-refractivity contribution in [1.29, 1.82) is 0 Å². The van der Waals surface area contributed by atoms with Crippen LogP contribution in [-0.2, 0) is 0 Å². The summed E-state index contributed by atoms with van der Waals surface area (Å²) in [5.74, 6) is 0.817. The number of ether oxygens (including phenoxy) is 1. The Morgan fingerprint density at radius 2 is 2.21 bits per heavy atom. The van der Waals surface area contributed by atoms with Crippen molar-refractivity contribution in [1.82, 2.24) is 0 Å². The van der Waals surface area contributed by atoms with Gasteiger partial charge in [-0.2, -0.15) is 0 Å². The van der Waals surface area contributed by atoms with Gasteiger partial charge in [0.15, 0.2) is 0 Å². The van der Waals surface area contributed by atoms with Gasteiger partial charge in [-0.15, -0.1) is 0 Å². The van der Waals surface area contributed by atoms with E-state index in [1.54, 1.807) is 7.11 Å². The minimum absolute atomic E-state index is 0.0991. The van der Waals surface area contributed by atoms with E-state index in [0.29, 0.717) is 6.54 Å². The Kier molecular flexibility index (Phi) is 4.02. The summed E-state index contributed by atoms with van der Waals surface area (Å²) < 4.78 is 5.42. The van der Waals surface area contributed by atoms with Crippen LogP contribution in [0.2, 0.25) is 0 Å². The number of piperidine rings is 1. The molecule has 2 rings (SSSR count). The molecule has 4 nitrogen and oxygen atoms in total. The fraction of sp³-hybridized carbons (Fsp3) is 0.600. The second kappa shape index (κ2) is 5.39. The Morgan fingerprint density at radius 3 is 2.79 bits per heavy atom. The Hall–Kier alpha value is -1.26. The standard InChI is InChI=1S/C15H24N2O2/c1-11(16)14-12(6-4-7-13(14)19-3)17-9-5-8-15(2,18)10-17/h4,6-7,11,18H,5,8-10,16H2,1-3H3/t11-,15?/m0/s1. The van der Waals surface area contributed by atoms with E-state index in [9.17, 15) is 5.11 Å². The Bertz CT molecular complexity index is 444. The highest BCUT2D eigenvalue weighted by molar-refractivity contribution is 5.61. The molecule has 1 fully saturated rings. The fourth-order valence-corrected chi connectivity index (χ4v) is 2.87. The van der Waals surface area contributed by atoms with Crippen molar-refractivity contribution in [2.75, 3.05) is 25.1 Å². The first kappa shape index (κ1) is 14.2. The maximum atomic E-state index is 10.3. The average molecular weight is 264 g/mol. The average Bonchev–Trinajstić information content (AvgIpc) is 2.36. The number of β-amino-alcohol motifs (C(OH)–C–C–N with tert-alkyl or cyclic N) is 1. The molecule has 1 unspecified atom stereocenters. The molecule has 0 aromatic heterocycles. The number of anilines is 1. The summed E-state index contributed by atoms with van der Waals surface area (Å²) in [7, 11) is 1.66. The minimum Gasteiger partial charge on any atom is -0.496 e. The van der Waals surface area contributed by atoms with Crippen molar-refractivity contribution in [3.05, 3.63) is 23.8 Å². The molecule has 0 aliphatic carbocycles. The number of nitrogens with zero attached hydrogens (tertiary/aromatic N) is 1. The topological polar surface area (TPSA) is 58.7 Å². The van der Waals surface area contributed by atoms with Crippen LogP contribution in [0.5, 0.6) is 5.75 Å². The van der Waals surface area contributed by atoms with Crippen molar-refractivity contribution in [3.63, 3.8) is 0 Å². The maximum absolute atomic E-state index is 10.3. The SMILES string of the molecule is COc1cccc(N2CCCC(C)(O)C2)c1[C@H](C)N. The van der Waals surface area contributed by atoms with Gasteiger partial charge < -0.3 is 20.5 Å². The number of methoxy groups -OCH3 is 1. The van der Waals surface area contributed by atoms with Gasteiger partial charge in [0, 0.05) is 30.4 Å². The van der Waals surface area contributed by atoms with E-state index in [0.717, 1.165) is 36.4 Å². The third-order valence-corrected chi connectivity index (χ3v) is 3.73. The lowest BCUT2D eigenvalue weighted by Gasteiger charge is -2.39. The van der Waals surface area contributed by atoms with E-state index in [4.69, 9.17) is 10.5 Å². The van der Waals surface area contributed by atoms with Crippen LogP contribution in [0, 0.1) is 0 Å². The van der Waals surface area contributed by atoms with E-state index >= 15 is 0 Å². The van der Waals surface area contributed by atoms with Gasteiger partial charge in [0.05, 0.1) is 12.7 Å². The monoisotopic (exact) mass is 264 g/mol. The quantitative estimate of drug-likeness (QED) is 0.877. The third-order valence-electron chi connectivity index (χ3n) is 3.73. The zero-order valence-corrected chi connectivity index (χ0v) is 12.0. The van der Waals surface area contributed by atoms with Gasteiger partial charge in [0.2, 0.25) is 0 Å². The predicted octanol–water partition coefficient (Wildman–Crippen LogP) is 2.07. The van der Waals surface area contributed by atoms with Gasteiger partial charge in [-0.05, 0) is 38.8 Å². The number of nitrogens with two attached hydrogens (primary N) is 1. The molecule has 4 heteroatoms. The molecular weight excluding hydrogens is 240 g/mol. The summed E-state index contributed by atoms with van der Waals surface area (Å²) in [4.78, 5) is 2.21. The van der Waals surface area contributed by atoms with Crippen LogP contribution < -0.4 is 15.4 Å². The summed E-state index contributed by atoms with van der Waals surface area (Å²) in [6.07, 6.45) is 1.84. The second-order valence-corrected chi connectivity index (χ2v) is 5.70. The van der Waals surface area contributed by atoms with E-state index in [1.807, 2.05) is 26.0 Å². The number of hydrogen-bond acceptors (Lipinski definition) is 4. The lowest BCUT2D eigenvalue weighted by molar-refractivity contribution is 0.0448. The molecule has 0 spiro atoms. The number of aliphatic hydroxyl groups is 1. The van der Waals surface area contributed by atoms with Crippen LogP contribution >= 0.6 is 0 Å². The first-order valence-electron chi connectivity index (χ1n) is 6.84. The van der Waals surface area contributed by atoms with Crippen LogP contribution in [0.3, 0.4) is 0 Å². The molecule has 0 radical (unpaired) electrons. The highest BCUT2D eigenvalue weighted by Gasteiger charge is 2.30. The largest absolute Gasteiger partial charge is 0.496 e. The van der Waals surface area contributed by atoms with Gasteiger partial charge in [0.25, 0.3) is 0 Å². The molecular formula is C15H24N2O2. The van der Waals surface area contributed by atoms with E-state index in [2.05, 4.69) is 11.0 Å². The number of hydrogen-bond donors (Lipinski definition) is 2. The molecule has 0 bridgehead atoms. The predicted molar refractivity (Wildman–Crippen MR) is 77.7 cm³/mol. The first-order chi connectivity index (χ1) is 8.94. The third kappa shape index (κ3) is 3.01. The lowest BCUT2D eigenvalue weighted by atomic mass is 9.93. The van der Waals surface area contributed by atoms with E-state index in [1.165, 1.54) is 0 Å². The van der Waals surface area contributed by atoms with Gasteiger partial charge in [-0.3, -0.25) is 0 Å². The molecule has 0 amide bonds. The highest BCUT2D eigenvalue weighted by atomic mass is 16.5. The summed E-state index contributed by atoms with van der Waals surface area (Å²) >= 11 is 0. The zero-order chi connectivity index (χ0) is 14.0. The molecule has 19 heavy (non-hydrogen) atoms. The van der Waals surface area contributed by atoms with Gasteiger partial charge >= 0.3 is 0 Å². The fourth-order valence-electron chi connectivity index (χ4n) is 2.87. The maximum Gasteiger partial charge on any atom is 0.125 e. The second-order valence-electron chi connectivity index (χ2n) is 5.70. The van der Waals surface area contributed by atoms with Gasteiger partial charge in [-0.25, -0.2) is 0 Å². The van der Waals surface area contributed by atoms with Crippen molar-refractivity contribution >= 4 is 5.69 Å². The summed E-state index contributed by atoms with van der Waals surface area (Å²) in [6.45, 7) is 5.44. The van der Waals surface area contributed by atoms with Crippen LogP contribution in [-0.4, -0.2) is 30.9 Å². The van der Waals surface area contributed by atoms with Gasteiger partial charge in [-0.1, -0.05) is 6.07 Å². The first-order valence-corrected chi connectivity index (χ1v) is 6.84. The van der Waals surface area contributed by atoms with Crippen molar-refractivity contribution in [2.24, 2.45) is 5.73 Å². The summed E-state index contributed by atoms with van der Waals surface area (Å²) in [5.41, 5.74) is 7.56. The number of rotatable bonds is 3. The van der Waals surface area contributed by atoms with Crippen LogP contribution in [0.4, 0.5) is 5.69 Å². The Morgan fingerprint density at radius 1 is 1.47 bits per heavy atom. The number of benzene rings is 1.